The number of methoxy groups -OCH3 is 1. The van der Waals surface area contributed by atoms with Crippen molar-refractivity contribution in [3.8, 4) is 5.75 Å². The number of benzene rings is 1. The van der Waals surface area contributed by atoms with Gasteiger partial charge in [-0.15, -0.1) is 0 Å². The van der Waals surface area contributed by atoms with Gasteiger partial charge >= 0.3 is 12.1 Å². The van der Waals surface area contributed by atoms with E-state index in [1.807, 2.05) is 0 Å². The van der Waals surface area contributed by atoms with Gasteiger partial charge in [0.15, 0.2) is 0 Å². The molecule has 1 heterocycles. The Bertz CT molecular complexity index is 599. The van der Waals surface area contributed by atoms with E-state index in [0.29, 0.717) is 22.3 Å². The molecule has 0 spiro atoms. The summed E-state index contributed by atoms with van der Waals surface area (Å²) in [6.07, 6.45) is 0. The van der Waals surface area contributed by atoms with E-state index in [9.17, 15) is 9.59 Å². The molecule has 0 saturated heterocycles. The molecule has 0 aliphatic carbocycles. The number of rotatable bonds is 4. The van der Waals surface area contributed by atoms with E-state index in [4.69, 9.17) is 9.15 Å². The molecular weight excluding hydrogens is 224 g/mol. The zero-order chi connectivity index (χ0) is 12.3. The van der Waals surface area contributed by atoms with Crippen LogP contribution in [0.15, 0.2) is 33.5 Å². The third-order valence-corrected chi connectivity index (χ3v) is 2.32. The summed E-state index contributed by atoms with van der Waals surface area (Å²) in [5.74, 6) is 0.584. The second-order valence-electron chi connectivity index (χ2n) is 3.32. The van der Waals surface area contributed by atoms with Crippen LogP contribution >= 0.6 is 0 Å². The first kappa shape index (κ1) is 11.2. The van der Waals surface area contributed by atoms with Gasteiger partial charge in [-0.05, 0) is 12.1 Å². The van der Waals surface area contributed by atoms with Gasteiger partial charge in [0.1, 0.15) is 17.9 Å². The lowest BCUT2D eigenvalue weighted by Crippen LogP contribution is -2.02. The van der Waals surface area contributed by atoms with Crippen LogP contribution < -0.4 is 10.4 Å². The summed E-state index contributed by atoms with van der Waals surface area (Å²) in [4.78, 5) is 21.3. The van der Waals surface area contributed by atoms with Crippen molar-refractivity contribution in [2.45, 2.75) is 6.61 Å². The molecular formula is C12H9O5. The molecule has 17 heavy (non-hydrogen) atoms. The van der Waals surface area contributed by atoms with Gasteiger partial charge in [0.2, 0.25) is 0 Å². The summed E-state index contributed by atoms with van der Waals surface area (Å²) in [6, 6.07) is 6.36. The highest BCUT2D eigenvalue weighted by molar-refractivity contribution is 5.81. The lowest BCUT2D eigenvalue weighted by molar-refractivity contribution is 0.267. The average Bonchev–Trinajstić information content (AvgIpc) is 2.34. The topological polar surface area (TPSA) is 65.7 Å². The highest BCUT2D eigenvalue weighted by atomic mass is 16.5. The van der Waals surface area contributed by atoms with Crippen LogP contribution in [0.4, 0.5) is 0 Å². The van der Waals surface area contributed by atoms with Gasteiger partial charge in [-0.2, -0.15) is 0 Å². The quantitative estimate of drug-likeness (QED) is 0.746. The number of hydrogen-bond acceptors (Lipinski definition) is 5. The molecule has 0 aliphatic heterocycles. The Morgan fingerprint density at radius 3 is 2.88 bits per heavy atom. The molecule has 0 N–H and O–H groups in total. The summed E-state index contributed by atoms with van der Waals surface area (Å²) in [6.45, 7) is 1.30. The molecule has 0 bridgehead atoms. The number of hydrogen-bond donors (Lipinski definition) is 0. The van der Waals surface area contributed by atoms with Crippen molar-refractivity contribution in [3.63, 3.8) is 0 Å². The first-order chi connectivity index (χ1) is 8.24. The predicted molar refractivity (Wildman–Crippen MR) is 59.5 cm³/mol. The summed E-state index contributed by atoms with van der Waals surface area (Å²) >= 11 is 0. The van der Waals surface area contributed by atoms with Gasteiger partial charge in [-0.3, -0.25) is 0 Å². The fraction of sp³-hybridized carbons (Fsp3) is 0.167. The molecule has 0 fully saturated rings. The highest BCUT2D eigenvalue weighted by Gasteiger charge is 2.07. The maximum absolute atomic E-state index is 11.3. The molecule has 2 aromatic rings. The van der Waals surface area contributed by atoms with Crippen molar-refractivity contribution in [1.29, 1.82) is 0 Å². The van der Waals surface area contributed by atoms with E-state index in [1.54, 1.807) is 18.2 Å². The average molecular weight is 233 g/mol. The summed E-state index contributed by atoms with van der Waals surface area (Å²) in [5, 5.41) is 0.695. The van der Waals surface area contributed by atoms with Crippen LogP contribution in [0.1, 0.15) is 5.56 Å². The Hall–Kier alpha value is -2.30. The van der Waals surface area contributed by atoms with Crippen molar-refractivity contribution in [3.05, 3.63) is 40.2 Å². The molecule has 0 unspecified atom stereocenters. The largest absolute Gasteiger partial charge is 0.497 e. The van der Waals surface area contributed by atoms with E-state index in [1.165, 1.54) is 19.6 Å². The fourth-order valence-corrected chi connectivity index (χ4v) is 1.56. The second-order valence-corrected chi connectivity index (χ2v) is 3.32. The molecule has 1 aromatic carbocycles. The Morgan fingerprint density at radius 2 is 2.18 bits per heavy atom. The lowest BCUT2D eigenvalue weighted by atomic mass is 10.1. The third kappa shape index (κ3) is 2.28. The van der Waals surface area contributed by atoms with Crippen LogP contribution in [0.25, 0.3) is 11.0 Å². The van der Waals surface area contributed by atoms with Gasteiger partial charge in [0.05, 0.1) is 7.11 Å². The molecule has 87 valence electrons. The number of carbonyl (C=O) groups excluding carboxylic acids is 1. The normalized spacial score (nSPS) is 10.2. The van der Waals surface area contributed by atoms with Gasteiger partial charge in [-0.1, -0.05) is 0 Å². The van der Waals surface area contributed by atoms with E-state index < -0.39 is 5.63 Å². The Balaban J connectivity index is 2.59. The van der Waals surface area contributed by atoms with Crippen LogP contribution in [0, 0.1) is 0 Å². The van der Waals surface area contributed by atoms with E-state index >= 15 is 0 Å². The zero-order valence-corrected chi connectivity index (χ0v) is 9.06. The van der Waals surface area contributed by atoms with Crippen LogP contribution in [-0.2, 0) is 16.1 Å². The summed E-state index contributed by atoms with van der Waals surface area (Å²) < 4.78 is 14.6. The van der Waals surface area contributed by atoms with Crippen molar-refractivity contribution in [2.24, 2.45) is 0 Å². The van der Waals surface area contributed by atoms with E-state index in [-0.39, 0.29) is 6.61 Å². The second kappa shape index (κ2) is 4.69. The standard InChI is InChI=1S/C12H9O5/c1-15-9-2-3-10-8(6-16-7-13)4-12(14)17-11(10)5-9/h2-5H,6H2,1H3. The third-order valence-electron chi connectivity index (χ3n) is 2.32. The van der Waals surface area contributed by atoms with Crippen LogP contribution in [-0.4, -0.2) is 13.6 Å². The fourth-order valence-electron chi connectivity index (χ4n) is 1.56. The molecule has 1 radical (unpaired) electrons. The molecule has 0 aliphatic rings. The van der Waals surface area contributed by atoms with Gasteiger partial charge in [0.25, 0.3) is 0 Å². The van der Waals surface area contributed by atoms with Crippen molar-refractivity contribution in [1.82, 2.24) is 0 Å². The van der Waals surface area contributed by atoms with Crippen molar-refractivity contribution in [2.75, 3.05) is 7.11 Å². The molecule has 1 aromatic heterocycles. The smallest absolute Gasteiger partial charge is 0.417 e. The Kier molecular flexibility index (Phi) is 3.09. The van der Waals surface area contributed by atoms with Gasteiger partial charge in [-0.25, -0.2) is 9.59 Å². The number of ether oxygens (including phenoxy) is 2. The minimum atomic E-state index is -0.504. The van der Waals surface area contributed by atoms with Crippen LogP contribution in [0.3, 0.4) is 0 Å². The van der Waals surface area contributed by atoms with E-state index in [0.717, 1.165) is 0 Å². The Labute approximate surface area is 96.6 Å². The first-order valence-corrected chi connectivity index (χ1v) is 4.84. The SMILES string of the molecule is COc1ccc2c(CO[C]=O)cc(=O)oc2c1. The van der Waals surface area contributed by atoms with Gasteiger partial charge < -0.3 is 13.9 Å². The molecule has 5 nitrogen and oxygen atoms in total. The minimum absolute atomic E-state index is 0.0159. The monoisotopic (exact) mass is 233 g/mol. The Morgan fingerprint density at radius 1 is 1.35 bits per heavy atom. The van der Waals surface area contributed by atoms with Gasteiger partial charge in [0, 0.05) is 23.1 Å². The maximum atomic E-state index is 11.3. The highest BCUT2D eigenvalue weighted by Crippen LogP contribution is 2.22. The molecule has 0 atom stereocenters. The predicted octanol–water partition coefficient (Wildman–Crippen LogP) is 1.39. The van der Waals surface area contributed by atoms with Crippen molar-refractivity contribution < 1.29 is 18.7 Å². The maximum Gasteiger partial charge on any atom is 0.417 e. The summed E-state index contributed by atoms with van der Waals surface area (Å²) in [5.41, 5.74) is 0.457. The molecule has 5 heteroatoms. The molecule has 0 saturated carbocycles. The first-order valence-electron chi connectivity index (χ1n) is 4.84. The minimum Gasteiger partial charge on any atom is -0.497 e. The summed E-state index contributed by atoms with van der Waals surface area (Å²) in [7, 11) is 1.52. The van der Waals surface area contributed by atoms with Crippen molar-refractivity contribution >= 4 is 17.4 Å². The lowest BCUT2D eigenvalue weighted by Gasteiger charge is -2.05. The zero-order valence-electron chi connectivity index (χ0n) is 9.06. The van der Waals surface area contributed by atoms with Crippen LogP contribution in [0.5, 0.6) is 5.75 Å². The molecule has 0 amide bonds. The van der Waals surface area contributed by atoms with Crippen LogP contribution in [0.2, 0.25) is 0 Å². The molecule has 2 rings (SSSR count). The van der Waals surface area contributed by atoms with E-state index in [2.05, 4.69) is 4.74 Å². The number of fused-ring (bicyclic) bond motifs is 1.